The molecule has 1 unspecified atom stereocenters. The molecule has 0 aliphatic carbocycles. The van der Waals surface area contributed by atoms with Crippen LogP contribution in [-0.4, -0.2) is 50.2 Å². The van der Waals surface area contributed by atoms with Crippen LogP contribution in [0.25, 0.3) is 0 Å². The molecule has 1 aromatic rings. The van der Waals surface area contributed by atoms with E-state index in [2.05, 4.69) is 12.2 Å². The second-order valence-electron chi connectivity index (χ2n) is 4.96. The quantitative estimate of drug-likeness (QED) is 0.608. The lowest BCUT2D eigenvalue weighted by atomic mass is 10.3. The highest BCUT2D eigenvalue weighted by molar-refractivity contribution is 5.31. The second-order valence-corrected chi connectivity index (χ2v) is 4.96. The van der Waals surface area contributed by atoms with E-state index in [0.29, 0.717) is 38.2 Å². The van der Waals surface area contributed by atoms with Crippen LogP contribution in [0.15, 0.2) is 24.3 Å². The van der Waals surface area contributed by atoms with Gasteiger partial charge in [-0.05, 0) is 31.2 Å². The molecule has 0 heterocycles. The molecule has 0 aliphatic heterocycles. The summed E-state index contributed by atoms with van der Waals surface area (Å²) in [6.45, 7) is 9.90. The Morgan fingerprint density at radius 1 is 1.10 bits per heavy atom. The lowest BCUT2D eigenvalue weighted by Crippen LogP contribution is -2.35. The fraction of sp³-hybridized carbons (Fsp3) is 0.562. The van der Waals surface area contributed by atoms with Crippen LogP contribution in [-0.2, 0) is 4.74 Å². The molecule has 0 aliphatic rings. The van der Waals surface area contributed by atoms with Crippen molar-refractivity contribution in [3.05, 3.63) is 31.2 Å². The van der Waals surface area contributed by atoms with Crippen molar-refractivity contribution in [3.8, 4) is 11.5 Å². The van der Waals surface area contributed by atoms with Crippen molar-refractivity contribution in [1.29, 1.82) is 0 Å². The summed E-state index contributed by atoms with van der Waals surface area (Å²) < 4.78 is 16.1. The number of benzene rings is 1. The lowest BCUT2D eigenvalue weighted by Gasteiger charge is -2.15. The summed E-state index contributed by atoms with van der Waals surface area (Å²) in [5, 5.41) is 12.9. The maximum Gasteiger partial charge on any atom is 0.119 e. The van der Waals surface area contributed by atoms with E-state index >= 15 is 0 Å². The SMILES string of the molecule is [CH2]COCCOc1ccc(OCC(O)CNC(C)C)cc1. The highest BCUT2D eigenvalue weighted by atomic mass is 16.5. The van der Waals surface area contributed by atoms with Crippen molar-refractivity contribution in [1.82, 2.24) is 5.32 Å². The van der Waals surface area contributed by atoms with Gasteiger partial charge in [0.25, 0.3) is 0 Å². The number of hydrogen-bond donors (Lipinski definition) is 2. The molecule has 0 aromatic heterocycles. The van der Waals surface area contributed by atoms with Crippen molar-refractivity contribution in [2.45, 2.75) is 26.0 Å². The second kappa shape index (κ2) is 10.4. The van der Waals surface area contributed by atoms with Gasteiger partial charge in [-0.25, -0.2) is 0 Å². The van der Waals surface area contributed by atoms with E-state index in [0.717, 1.165) is 5.75 Å². The van der Waals surface area contributed by atoms with Gasteiger partial charge in [0.1, 0.15) is 30.8 Å². The third-order valence-electron chi connectivity index (χ3n) is 2.67. The predicted molar refractivity (Wildman–Crippen MR) is 82.8 cm³/mol. The molecule has 0 amide bonds. The first-order chi connectivity index (χ1) is 10.1. The van der Waals surface area contributed by atoms with Crippen molar-refractivity contribution in [2.75, 3.05) is 33.0 Å². The summed E-state index contributed by atoms with van der Waals surface area (Å²) in [7, 11) is 0. The van der Waals surface area contributed by atoms with Crippen molar-refractivity contribution in [3.63, 3.8) is 0 Å². The highest BCUT2D eigenvalue weighted by Crippen LogP contribution is 2.17. The molecule has 2 N–H and O–H groups in total. The van der Waals surface area contributed by atoms with Gasteiger partial charge in [0.2, 0.25) is 0 Å². The van der Waals surface area contributed by atoms with Crippen LogP contribution in [0.1, 0.15) is 13.8 Å². The molecule has 0 saturated heterocycles. The first kappa shape index (κ1) is 17.8. The zero-order chi connectivity index (χ0) is 15.5. The van der Waals surface area contributed by atoms with Crippen molar-refractivity contribution < 1.29 is 19.3 Å². The first-order valence-corrected chi connectivity index (χ1v) is 7.26. The van der Waals surface area contributed by atoms with Crippen molar-refractivity contribution in [2.24, 2.45) is 0 Å². The summed E-state index contributed by atoms with van der Waals surface area (Å²) in [6, 6.07) is 7.65. The van der Waals surface area contributed by atoms with Crippen LogP contribution < -0.4 is 14.8 Å². The summed E-state index contributed by atoms with van der Waals surface area (Å²) in [5.74, 6) is 1.47. The molecular weight excluding hydrogens is 270 g/mol. The number of hydrogen-bond acceptors (Lipinski definition) is 5. The zero-order valence-corrected chi connectivity index (χ0v) is 12.9. The number of nitrogens with one attached hydrogen (secondary N) is 1. The van der Waals surface area contributed by atoms with Gasteiger partial charge in [-0.2, -0.15) is 0 Å². The molecule has 0 spiro atoms. The van der Waals surface area contributed by atoms with E-state index in [1.165, 1.54) is 0 Å². The Labute approximate surface area is 127 Å². The van der Waals surface area contributed by atoms with Crippen molar-refractivity contribution >= 4 is 0 Å². The third-order valence-corrected chi connectivity index (χ3v) is 2.67. The molecular formula is C16H26NO4. The normalized spacial score (nSPS) is 12.4. The zero-order valence-electron chi connectivity index (χ0n) is 12.9. The predicted octanol–water partition coefficient (Wildman–Crippen LogP) is 1.65. The van der Waals surface area contributed by atoms with E-state index in [4.69, 9.17) is 14.2 Å². The number of rotatable bonds is 11. The minimum atomic E-state index is -0.525. The van der Waals surface area contributed by atoms with Crippen LogP contribution in [0.2, 0.25) is 0 Å². The summed E-state index contributed by atoms with van der Waals surface area (Å²) in [6.07, 6.45) is -0.525. The minimum absolute atomic E-state index is 0.261. The fourth-order valence-electron chi connectivity index (χ4n) is 1.58. The van der Waals surface area contributed by atoms with E-state index in [1.54, 1.807) is 0 Å². The van der Waals surface area contributed by atoms with Gasteiger partial charge in [-0.15, -0.1) is 0 Å². The molecule has 0 saturated carbocycles. The standard InChI is InChI=1S/C16H26NO4/c1-4-19-9-10-20-15-5-7-16(8-6-15)21-12-14(18)11-17-13(2)3/h5-8,13-14,17-18H,1,4,9-12H2,2-3H3. The minimum Gasteiger partial charge on any atom is -0.491 e. The highest BCUT2D eigenvalue weighted by Gasteiger charge is 2.06. The topological polar surface area (TPSA) is 60.0 Å². The summed E-state index contributed by atoms with van der Waals surface area (Å²) in [4.78, 5) is 0. The van der Waals surface area contributed by atoms with Gasteiger partial charge in [0.05, 0.1) is 6.61 Å². The van der Waals surface area contributed by atoms with Crippen LogP contribution >= 0.6 is 0 Å². The summed E-state index contributed by atoms with van der Waals surface area (Å²) in [5.41, 5.74) is 0. The molecule has 5 nitrogen and oxygen atoms in total. The number of ether oxygens (including phenoxy) is 3. The number of aliphatic hydroxyl groups excluding tert-OH is 1. The Morgan fingerprint density at radius 2 is 1.71 bits per heavy atom. The Morgan fingerprint density at radius 3 is 2.29 bits per heavy atom. The largest absolute Gasteiger partial charge is 0.491 e. The molecule has 0 fully saturated rings. The van der Waals surface area contributed by atoms with Gasteiger partial charge < -0.3 is 24.6 Å². The van der Waals surface area contributed by atoms with Gasteiger partial charge in [0.15, 0.2) is 0 Å². The van der Waals surface area contributed by atoms with Gasteiger partial charge in [0, 0.05) is 19.2 Å². The Bertz CT molecular complexity index is 367. The maximum atomic E-state index is 9.75. The van der Waals surface area contributed by atoms with E-state index < -0.39 is 6.10 Å². The van der Waals surface area contributed by atoms with Crippen LogP contribution in [0.5, 0.6) is 11.5 Å². The maximum absolute atomic E-state index is 9.75. The summed E-state index contributed by atoms with van der Waals surface area (Å²) >= 11 is 0. The molecule has 21 heavy (non-hydrogen) atoms. The van der Waals surface area contributed by atoms with E-state index in [1.807, 2.05) is 38.1 Å². The number of aliphatic hydroxyl groups is 1. The Kier molecular flexibility index (Phi) is 8.82. The average Bonchev–Trinajstić information content (AvgIpc) is 2.48. The fourth-order valence-corrected chi connectivity index (χ4v) is 1.58. The molecule has 1 radical (unpaired) electrons. The molecule has 5 heteroatoms. The molecule has 119 valence electrons. The van der Waals surface area contributed by atoms with Gasteiger partial charge in [-0.1, -0.05) is 13.8 Å². The lowest BCUT2D eigenvalue weighted by molar-refractivity contribution is 0.104. The van der Waals surface area contributed by atoms with Gasteiger partial charge in [-0.3, -0.25) is 0 Å². The van der Waals surface area contributed by atoms with E-state index in [-0.39, 0.29) is 6.61 Å². The average molecular weight is 296 g/mol. The Hall–Kier alpha value is -1.30. The van der Waals surface area contributed by atoms with Gasteiger partial charge >= 0.3 is 0 Å². The van der Waals surface area contributed by atoms with Crippen LogP contribution in [0.4, 0.5) is 0 Å². The molecule has 1 rings (SSSR count). The molecule has 1 aromatic carbocycles. The third kappa shape index (κ3) is 8.55. The Balaban J connectivity index is 2.24. The smallest absolute Gasteiger partial charge is 0.119 e. The van der Waals surface area contributed by atoms with E-state index in [9.17, 15) is 5.11 Å². The van der Waals surface area contributed by atoms with Crippen LogP contribution in [0.3, 0.4) is 0 Å². The first-order valence-electron chi connectivity index (χ1n) is 7.26. The van der Waals surface area contributed by atoms with Crippen LogP contribution in [0, 0.1) is 6.92 Å². The monoisotopic (exact) mass is 296 g/mol. The molecule has 1 atom stereocenters. The molecule has 0 bridgehead atoms.